The summed E-state index contributed by atoms with van der Waals surface area (Å²) in [4.78, 5) is 27.4. The second kappa shape index (κ2) is 8.35. The van der Waals surface area contributed by atoms with Gasteiger partial charge in [-0.2, -0.15) is 0 Å². The smallest absolute Gasteiger partial charge is 0.223 e. The van der Waals surface area contributed by atoms with Gasteiger partial charge in [0.25, 0.3) is 0 Å². The molecule has 0 saturated carbocycles. The van der Waals surface area contributed by atoms with Crippen LogP contribution in [0.25, 0.3) is 0 Å². The summed E-state index contributed by atoms with van der Waals surface area (Å²) in [6.45, 7) is 5.73. The fourth-order valence-electron chi connectivity index (χ4n) is 2.26. The van der Waals surface area contributed by atoms with Gasteiger partial charge in [-0.05, 0) is 0 Å². The van der Waals surface area contributed by atoms with E-state index in [1.165, 1.54) is 0 Å². The molecule has 0 spiro atoms. The first-order valence-corrected chi connectivity index (χ1v) is 6.61. The Bertz CT molecular complexity index is 273. The molecule has 2 aliphatic rings. The maximum Gasteiger partial charge on any atom is 0.223 e. The summed E-state index contributed by atoms with van der Waals surface area (Å²) in [5, 5.41) is 3.20. The maximum absolute atomic E-state index is 11.9. The van der Waals surface area contributed by atoms with Gasteiger partial charge < -0.3 is 19.9 Å². The highest BCUT2D eigenvalue weighted by Gasteiger charge is 2.20. The Labute approximate surface area is 119 Å². The predicted octanol–water partition coefficient (Wildman–Crippen LogP) is -0.521. The molecule has 0 radical (unpaired) electrons. The molecule has 0 aromatic heterocycles. The fourth-order valence-corrected chi connectivity index (χ4v) is 2.26. The van der Waals surface area contributed by atoms with Crippen molar-refractivity contribution in [2.75, 3.05) is 52.5 Å². The standard InChI is InChI=1S/C12H21N3O3.ClH/c16-11(14-5-3-13-4-6-14)1-2-12(17)15-7-9-18-10-8-15;/h13H,1-10H2;1H. The molecular formula is C12H22ClN3O3. The van der Waals surface area contributed by atoms with Crippen LogP contribution in [0.1, 0.15) is 12.8 Å². The normalized spacial score (nSPS) is 19.8. The topological polar surface area (TPSA) is 61.9 Å². The number of nitrogens with zero attached hydrogens (tertiary/aromatic N) is 2. The summed E-state index contributed by atoms with van der Waals surface area (Å²) in [5.74, 6) is 0.167. The third kappa shape index (κ3) is 4.97. The molecule has 0 aliphatic carbocycles. The first-order chi connectivity index (χ1) is 8.77. The van der Waals surface area contributed by atoms with Crippen LogP contribution in [-0.4, -0.2) is 74.1 Å². The Hall–Kier alpha value is -0.850. The van der Waals surface area contributed by atoms with Crippen molar-refractivity contribution < 1.29 is 14.3 Å². The van der Waals surface area contributed by atoms with Crippen molar-refractivity contribution in [1.82, 2.24) is 15.1 Å². The molecule has 0 bridgehead atoms. The summed E-state index contributed by atoms with van der Waals surface area (Å²) in [7, 11) is 0. The summed E-state index contributed by atoms with van der Waals surface area (Å²) in [6, 6.07) is 0. The molecule has 2 heterocycles. The molecule has 0 aromatic rings. The van der Waals surface area contributed by atoms with E-state index in [4.69, 9.17) is 4.74 Å². The van der Waals surface area contributed by atoms with Crippen molar-refractivity contribution in [2.45, 2.75) is 12.8 Å². The molecule has 2 rings (SSSR count). The second-order valence-corrected chi connectivity index (χ2v) is 4.62. The Balaban J connectivity index is 0.00000180. The number of morpholine rings is 1. The van der Waals surface area contributed by atoms with Crippen LogP contribution >= 0.6 is 12.4 Å². The lowest BCUT2D eigenvalue weighted by Gasteiger charge is -2.29. The molecule has 6 nitrogen and oxygen atoms in total. The number of hydrogen-bond donors (Lipinski definition) is 1. The van der Waals surface area contributed by atoms with Crippen molar-refractivity contribution >= 4 is 24.2 Å². The minimum absolute atomic E-state index is 0. The Morgan fingerprint density at radius 3 is 1.89 bits per heavy atom. The average molecular weight is 292 g/mol. The van der Waals surface area contributed by atoms with Crippen LogP contribution < -0.4 is 5.32 Å². The molecular weight excluding hydrogens is 270 g/mol. The van der Waals surface area contributed by atoms with E-state index >= 15 is 0 Å². The van der Waals surface area contributed by atoms with Crippen LogP contribution in [-0.2, 0) is 14.3 Å². The van der Waals surface area contributed by atoms with Gasteiger partial charge in [0, 0.05) is 52.1 Å². The van der Waals surface area contributed by atoms with E-state index in [0.29, 0.717) is 39.1 Å². The Morgan fingerprint density at radius 1 is 0.895 bits per heavy atom. The summed E-state index contributed by atoms with van der Waals surface area (Å²) >= 11 is 0. The predicted molar refractivity (Wildman–Crippen MR) is 73.3 cm³/mol. The first kappa shape index (κ1) is 16.2. The van der Waals surface area contributed by atoms with Gasteiger partial charge in [0.05, 0.1) is 13.2 Å². The summed E-state index contributed by atoms with van der Waals surface area (Å²) in [5.41, 5.74) is 0. The Morgan fingerprint density at radius 2 is 1.37 bits per heavy atom. The van der Waals surface area contributed by atoms with Gasteiger partial charge in [-0.15, -0.1) is 12.4 Å². The van der Waals surface area contributed by atoms with Crippen LogP contribution in [0.15, 0.2) is 0 Å². The van der Waals surface area contributed by atoms with E-state index in [2.05, 4.69) is 5.32 Å². The third-order valence-corrected chi connectivity index (χ3v) is 3.39. The van der Waals surface area contributed by atoms with Gasteiger partial charge in [-0.25, -0.2) is 0 Å². The van der Waals surface area contributed by atoms with Gasteiger partial charge in [-0.3, -0.25) is 9.59 Å². The molecule has 7 heteroatoms. The fraction of sp³-hybridized carbons (Fsp3) is 0.833. The van der Waals surface area contributed by atoms with Crippen molar-refractivity contribution in [3.63, 3.8) is 0 Å². The lowest BCUT2D eigenvalue weighted by Crippen LogP contribution is -2.47. The number of carbonyl (C=O) groups excluding carboxylic acids is 2. The lowest BCUT2D eigenvalue weighted by atomic mass is 10.2. The van der Waals surface area contributed by atoms with Gasteiger partial charge in [0.1, 0.15) is 0 Å². The van der Waals surface area contributed by atoms with Crippen LogP contribution in [0.3, 0.4) is 0 Å². The van der Waals surface area contributed by atoms with Gasteiger partial charge in [0.2, 0.25) is 11.8 Å². The molecule has 1 N–H and O–H groups in total. The van der Waals surface area contributed by atoms with E-state index in [1.807, 2.05) is 4.90 Å². The molecule has 0 unspecified atom stereocenters. The number of amides is 2. The van der Waals surface area contributed by atoms with E-state index in [9.17, 15) is 9.59 Å². The number of halogens is 1. The van der Waals surface area contributed by atoms with Crippen LogP contribution in [0.5, 0.6) is 0 Å². The van der Waals surface area contributed by atoms with E-state index < -0.39 is 0 Å². The number of nitrogens with one attached hydrogen (secondary N) is 1. The highest BCUT2D eigenvalue weighted by Crippen LogP contribution is 2.05. The third-order valence-electron chi connectivity index (χ3n) is 3.39. The number of rotatable bonds is 3. The molecule has 110 valence electrons. The molecule has 0 atom stereocenters. The van der Waals surface area contributed by atoms with Crippen molar-refractivity contribution in [2.24, 2.45) is 0 Å². The lowest BCUT2D eigenvalue weighted by molar-refractivity contribution is -0.139. The average Bonchev–Trinajstić information content (AvgIpc) is 2.46. The summed E-state index contributed by atoms with van der Waals surface area (Å²) in [6.07, 6.45) is 0.652. The Kier molecular flexibility index (Phi) is 7.12. The van der Waals surface area contributed by atoms with E-state index in [0.717, 1.165) is 26.2 Å². The van der Waals surface area contributed by atoms with Gasteiger partial charge >= 0.3 is 0 Å². The maximum atomic E-state index is 11.9. The minimum Gasteiger partial charge on any atom is -0.378 e. The highest BCUT2D eigenvalue weighted by atomic mass is 35.5. The van der Waals surface area contributed by atoms with Gasteiger partial charge in [0.15, 0.2) is 0 Å². The number of carbonyl (C=O) groups is 2. The SMILES string of the molecule is Cl.O=C(CCC(=O)N1CCOCC1)N1CCNCC1. The molecule has 2 saturated heterocycles. The molecule has 2 aliphatic heterocycles. The zero-order valence-electron chi connectivity index (χ0n) is 11.1. The molecule has 2 amide bonds. The van der Waals surface area contributed by atoms with Crippen molar-refractivity contribution in [3.05, 3.63) is 0 Å². The van der Waals surface area contributed by atoms with Crippen molar-refractivity contribution in [3.8, 4) is 0 Å². The van der Waals surface area contributed by atoms with Crippen molar-refractivity contribution in [1.29, 1.82) is 0 Å². The quantitative estimate of drug-likeness (QED) is 0.760. The highest BCUT2D eigenvalue weighted by molar-refractivity contribution is 5.85. The zero-order valence-corrected chi connectivity index (χ0v) is 11.9. The van der Waals surface area contributed by atoms with Gasteiger partial charge in [-0.1, -0.05) is 0 Å². The second-order valence-electron chi connectivity index (χ2n) is 4.62. The van der Waals surface area contributed by atoms with E-state index in [-0.39, 0.29) is 24.2 Å². The monoisotopic (exact) mass is 291 g/mol. The van der Waals surface area contributed by atoms with Crippen LogP contribution in [0.2, 0.25) is 0 Å². The molecule has 0 aromatic carbocycles. The number of hydrogen-bond acceptors (Lipinski definition) is 4. The first-order valence-electron chi connectivity index (χ1n) is 6.61. The molecule has 19 heavy (non-hydrogen) atoms. The van der Waals surface area contributed by atoms with Crippen LogP contribution in [0.4, 0.5) is 0 Å². The number of piperazine rings is 1. The largest absolute Gasteiger partial charge is 0.378 e. The van der Waals surface area contributed by atoms with E-state index in [1.54, 1.807) is 4.90 Å². The zero-order chi connectivity index (χ0) is 12.8. The van der Waals surface area contributed by atoms with Crippen LogP contribution in [0, 0.1) is 0 Å². The minimum atomic E-state index is 0. The summed E-state index contributed by atoms with van der Waals surface area (Å²) < 4.78 is 5.19. The number of ether oxygens (including phenoxy) is 1. The molecule has 2 fully saturated rings.